The average Bonchev–Trinajstić information content (AvgIpc) is 3.15. The summed E-state index contributed by atoms with van der Waals surface area (Å²) in [5.74, 6) is 1.17. The average molecular weight is 398 g/mol. The van der Waals surface area contributed by atoms with Crippen LogP contribution in [-0.2, 0) is 13.0 Å². The van der Waals surface area contributed by atoms with Crippen molar-refractivity contribution in [2.45, 2.75) is 39.7 Å². The molecule has 0 N–H and O–H groups in total. The maximum atomic E-state index is 12.1. The molecule has 0 aliphatic carbocycles. The van der Waals surface area contributed by atoms with Crippen molar-refractivity contribution >= 4 is 11.8 Å². The molecule has 4 rings (SSSR count). The minimum Gasteiger partial charge on any atom is -0.488 e. The van der Waals surface area contributed by atoms with E-state index < -0.39 is 0 Å². The molecule has 2 aromatic heterocycles. The minimum absolute atomic E-state index is 0.385. The SMILES string of the molecule is CCc1ccc2cc(-c3cc(C(C)C)ccc3OCc3ccccc3)c(C=O)n2c1. The molecule has 0 unspecified atom stereocenters. The summed E-state index contributed by atoms with van der Waals surface area (Å²) >= 11 is 0. The molecule has 0 amide bonds. The highest BCUT2D eigenvalue weighted by Crippen LogP contribution is 2.37. The first kappa shape index (κ1) is 20.0. The third-order valence-corrected chi connectivity index (χ3v) is 5.59. The number of hydrogen-bond donors (Lipinski definition) is 0. The van der Waals surface area contributed by atoms with E-state index in [4.69, 9.17) is 4.74 Å². The van der Waals surface area contributed by atoms with E-state index in [-0.39, 0.29) is 0 Å². The Morgan fingerprint density at radius 3 is 2.43 bits per heavy atom. The first-order valence-corrected chi connectivity index (χ1v) is 10.5. The van der Waals surface area contributed by atoms with Gasteiger partial charge in [-0.05, 0) is 53.3 Å². The molecule has 0 atom stereocenters. The van der Waals surface area contributed by atoms with Gasteiger partial charge < -0.3 is 9.14 Å². The molecule has 2 aromatic carbocycles. The molecule has 3 nitrogen and oxygen atoms in total. The lowest BCUT2D eigenvalue weighted by Gasteiger charge is -2.15. The van der Waals surface area contributed by atoms with Crippen molar-refractivity contribution in [1.29, 1.82) is 0 Å². The zero-order chi connectivity index (χ0) is 21.1. The van der Waals surface area contributed by atoms with Crippen LogP contribution in [0.2, 0.25) is 0 Å². The highest BCUT2D eigenvalue weighted by atomic mass is 16.5. The van der Waals surface area contributed by atoms with Crippen molar-refractivity contribution < 1.29 is 9.53 Å². The molecule has 2 heterocycles. The third kappa shape index (κ3) is 3.88. The number of hydrogen-bond acceptors (Lipinski definition) is 2. The number of ether oxygens (including phenoxy) is 1. The maximum Gasteiger partial charge on any atom is 0.167 e. The van der Waals surface area contributed by atoms with Gasteiger partial charge in [0.1, 0.15) is 12.4 Å². The van der Waals surface area contributed by atoms with Crippen LogP contribution < -0.4 is 4.74 Å². The van der Waals surface area contributed by atoms with Gasteiger partial charge in [-0.15, -0.1) is 0 Å². The zero-order valence-electron chi connectivity index (χ0n) is 17.8. The van der Waals surface area contributed by atoms with Crippen molar-refractivity contribution in [3.05, 3.63) is 95.3 Å². The molecule has 0 saturated heterocycles. The number of aldehydes is 1. The highest BCUT2D eigenvalue weighted by Gasteiger charge is 2.17. The molecule has 4 aromatic rings. The first-order valence-electron chi connectivity index (χ1n) is 10.5. The summed E-state index contributed by atoms with van der Waals surface area (Å²) in [5.41, 5.74) is 7.06. The van der Waals surface area contributed by atoms with E-state index in [1.54, 1.807) is 0 Å². The third-order valence-electron chi connectivity index (χ3n) is 5.59. The fourth-order valence-electron chi connectivity index (χ4n) is 3.76. The molecule has 30 heavy (non-hydrogen) atoms. The number of pyridine rings is 1. The summed E-state index contributed by atoms with van der Waals surface area (Å²) in [5, 5.41) is 0. The molecule has 0 bridgehead atoms. The van der Waals surface area contributed by atoms with Gasteiger partial charge >= 0.3 is 0 Å². The van der Waals surface area contributed by atoms with Crippen LogP contribution in [0.4, 0.5) is 0 Å². The van der Waals surface area contributed by atoms with Gasteiger partial charge in [0.05, 0.1) is 5.69 Å². The van der Waals surface area contributed by atoms with Crippen LogP contribution in [0.15, 0.2) is 72.9 Å². The van der Waals surface area contributed by atoms with Gasteiger partial charge in [-0.25, -0.2) is 0 Å². The van der Waals surface area contributed by atoms with Crippen LogP contribution in [0.25, 0.3) is 16.6 Å². The predicted molar refractivity (Wildman–Crippen MR) is 122 cm³/mol. The Balaban J connectivity index is 1.83. The summed E-state index contributed by atoms with van der Waals surface area (Å²) in [6.45, 7) is 6.95. The summed E-state index contributed by atoms with van der Waals surface area (Å²) in [6, 6.07) is 22.7. The second-order valence-electron chi connectivity index (χ2n) is 7.93. The molecular formula is C27H27NO2. The lowest BCUT2D eigenvalue weighted by Crippen LogP contribution is -2.00. The molecule has 0 aliphatic heterocycles. The van der Waals surface area contributed by atoms with E-state index in [1.807, 2.05) is 28.7 Å². The van der Waals surface area contributed by atoms with E-state index in [0.29, 0.717) is 18.2 Å². The molecule has 0 aliphatic rings. The van der Waals surface area contributed by atoms with Crippen molar-refractivity contribution in [3.63, 3.8) is 0 Å². The largest absolute Gasteiger partial charge is 0.488 e. The Kier molecular flexibility index (Phi) is 5.71. The van der Waals surface area contributed by atoms with Gasteiger partial charge in [-0.3, -0.25) is 4.79 Å². The van der Waals surface area contributed by atoms with Gasteiger partial charge in [-0.1, -0.05) is 63.2 Å². The van der Waals surface area contributed by atoms with Crippen LogP contribution in [0, 0.1) is 0 Å². The predicted octanol–water partition coefficient (Wildman–Crippen LogP) is 6.68. The number of carbonyl (C=O) groups excluding carboxylic acids is 1. The summed E-state index contributed by atoms with van der Waals surface area (Å²) in [7, 11) is 0. The van der Waals surface area contributed by atoms with E-state index in [2.05, 4.69) is 69.4 Å². The summed E-state index contributed by atoms with van der Waals surface area (Å²) in [6.07, 6.45) is 3.93. The highest BCUT2D eigenvalue weighted by molar-refractivity contribution is 5.91. The Morgan fingerprint density at radius 2 is 1.73 bits per heavy atom. The van der Waals surface area contributed by atoms with Gasteiger partial charge in [-0.2, -0.15) is 0 Å². The standard InChI is InChI=1S/C27H27NO2/c1-4-20-10-12-23-15-24(26(17-29)28(23)16-20)25-14-22(19(2)3)11-13-27(25)30-18-21-8-6-5-7-9-21/h5-17,19H,4,18H2,1-3H3. The van der Waals surface area contributed by atoms with E-state index >= 15 is 0 Å². The van der Waals surface area contributed by atoms with Crippen LogP contribution in [0.5, 0.6) is 5.75 Å². The number of nitrogens with zero attached hydrogens (tertiary/aromatic N) is 1. The van der Waals surface area contributed by atoms with Gasteiger partial charge in [0.25, 0.3) is 0 Å². The molecule has 0 spiro atoms. The van der Waals surface area contributed by atoms with Crippen LogP contribution >= 0.6 is 0 Å². The second-order valence-corrected chi connectivity index (χ2v) is 7.93. The van der Waals surface area contributed by atoms with Gasteiger partial charge in [0.15, 0.2) is 6.29 Å². The molecule has 0 fully saturated rings. The topological polar surface area (TPSA) is 30.7 Å². The number of carbonyl (C=O) groups is 1. The Bertz CT molecular complexity index is 1170. The smallest absolute Gasteiger partial charge is 0.167 e. The molecular weight excluding hydrogens is 370 g/mol. The number of aryl methyl sites for hydroxylation is 1. The van der Waals surface area contributed by atoms with Crippen LogP contribution in [0.3, 0.4) is 0 Å². The number of rotatable bonds is 7. The summed E-state index contributed by atoms with van der Waals surface area (Å²) in [4.78, 5) is 12.1. The lowest BCUT2D eigenvalue weighted by atomic mass is 9.96. The van der Waals surface area contributed by atoms with Crippen molar-refractivity contribution in [3.8, 4) is 16.9 Å². The Labute approximate surface area is 177 Å². The van der Waals surface area contributed by atoms with E-state index in [1.165, 1.54) is 11.1 Å². The van der Waals surface area contributed by atoms with Crippen molar-refractivity contribution in [2.24, 2.45) is 0 Å². The van der Waals surface area contributed by atoms with Gasteiger partial charge in [0.2, 0.25) is 0 Å². The van der Waals surface area contributed by atoms with Crippen LogP contribution in [0.1, 0.15) is 53.9 Å². The summed E-state index contributed by atoms with van der Waals surface area (Å²) < 4.78 is 8.22. The fraction of sp³-hybridized carbons (Fsp3) is 0.222. The first-order chi connectivity index (χ1) is 14.6. The second kappa shape index (κ2) is 8.58. The number of benzene rings is 2. The minimum atomic E-state index is 0.385. The quantitative estimate of drug-likeness (QED) is 0.326. The molecule has 3 heteroatoms. The maximum absolute atomic E-state index is 12.1. The molecule has 0 saturated carbocycles. The van der Waals surface area contributed by atoms with E-state index in [0.717, 1.165) is 40.7 Å². The lowest BCUT2D eigenvalue weighted by molar-refractivity contribution is 0.111. The molecule has 152 valence electrons. The number of fused-ring (bicyclic) bond motifs is 1. The Hall–Kier alpha value is -3.33. The van der Waals surface area contributed by atoms with Crippen molar-refractivity contribution in [1.82, 2.24) is 4.40 Å². The van der Waals surface area contributed by atoms with Crippen molar-refractivity contribution in [2.75, 3.05) is 0 Å². The van der Waals surface area contributed by atoms with Gasteiger partial charge in [0, 0.05) is 22.8 Å². The zero-order valence-corrected chi connectivity index (χ0v) is 17.8. The monoisotopic (exact) mass is 397 g/mol. The number of aromatic nitrogens is 1. The van der Waals surface area contributed by atoms with Crippen LogP contribution in [-0.4, -0.2) is 10.7 Å². The van der Waals surface area contributed by atoms with E-state index in [9.17, 15) is 4.79 Å². The Morgan fingerprint density at radius 1 is 0.933 bits per heavy atom. The fourth-order valence-corrected chi connectivity index (χ4v) is 3.76. The molecule has 0 radical (unpaired) electrons. The normalized spacial score (nSPS) is 11.2.